The van der Waals surface area contributed by atoms with E-state index in [-0.39, 0.29) is 11.7 Å². The number of hydrogen-bond donors (Lipinski definition) is 1. The van der Waals surface area contributed by atoms with Gasteiger partial charge in [-0.3, -0.25) is 9.89 Å². The topological polar surface area (TPSA) is 77.1 Å². The molecule has 0 radical (unpaired) electrons. The Morgan fingerprint density at radius 1 is 1.32 bits per heavy atom. The van der Waals surface area contributed by atoms with Crippen LogP contribution in [0.5, 0.6) is 5.75 Å². The highest BCUT2D eigenvalue weighted by Gasteiger charge is 2.09. The molecule has 0 aliphatic heterocycles. The summed E-state index contributed by atoms with van der Waals surface area (Å²) in [4.78, 5) is 15.9. The van der Waals surface area contributed by atoms with E-state index in [2.05, 4.69) is 22.1 Å². The van der Waals surface area contributed by atoms with Crippen molar-refractivity contribution in [3.8, 4) is 17.1 Å². The van der Waals surface area contributed by atoms with Crippen LogP contribution in [0.3, 0.4) is 0 Å². The van der Waals surface area contributed by atoms with Crippen LogP contribution in [0.15, 0.2) is 29.4 Å². The first-order chi connectivity index (χ1) is 10.7. The van der Waals surface area contributed by atoms with Crippen molar-refractivity contribution < 1.29 is 14.3 Å². The Hall–Kier alpha value is -2.02. The molecule has 1 N–H and O–H groups in total. The van der Waals surface area contributed by atoms with Gasteiger partial charge < -0.3 is 9.47 Å². The summed E-state index contributed by atoms with van der Waals surface area (Å²) in [5, 5.41) is 7.48. The summed E-state index contributed by atoms with van der Waals surface area (Å²) in [6.45, 7) is 2.53. The van der Waals surface area contributed by atoms with Gasteiger partial charge in [-0.1, -0.05) is 25.1 Å². The van der Waals surface area contributed by atoms with Crippen molar-refractivity contribution in [3.05, 3.63) is 24.3 Å². The first kappa shape index (κ1) is 16.4. The first-order valence-electron chi connectivity index (χ1n) is 7.08. The molecule has 0 aliphatic rings. The van der Waals surface area contributed by atoms with E-state index in [9.17, 15) is 4.79 Å². The molecule has 6 nitrogen and oxygen atoms in total. The largest absolute Gasteiger partial charge is 0.497 e. The molecule has 2 rings (SSSR count). The lowest BCUT2D eigenvalue weighted by Gasteiger charge is -2.01. The molecule has 0 amide bonds. The Kier molecular flexibility index (Phi) is 6.27. The fraction of sp³-hybridized carbons (Fsp3) is 0.400. The number of esters is 1. The summed E-state index contributed by atoms with van der Waals surface area (Å²) in [7, 11) is 1.62. The molecule has 0 atom stereocenters. The van der Waals surface area contributed by atoms with Gasteiger partial charge in [-0.2, -0.15) is 0 Å². The maximum absolute atomic E-state index is 11.5. The fourth-order valence-electron chi connectivity index (χ4n) is 1.68. The number of thioether (sulfide) groups is 1. The van der Waals surface area contributed by atoms with Crippen molar-refractivity contribution in [2.75, 3.05) is 19.5 Å². The number of nitrogens with zero attached hydrogens (tertiary/aromatic N) is 2. The molecule has 2 aromatic rings. The van der Waals surface area contributed by atoms with Crippen LogP contribution in [0.2, 0.25) is 0 Å². The Morgan fingerprint density at radius 3 is 2.77 bits per heavy atom. The number of hydrogen-bond acceptors (Lipinski definition) is 6. The quantitative estimate of drug-likeness (QED) is 0.457. The molecule has 1 aromatic heterocycles. The molecule has 0 fully saturated rings. The zero-order valence-corrected chi connectivity index (χ0v) is 13.5. The number of benzene rings is 1. The van der Waals surface area contributed by atoms with E-state index in [0.29, 0.717) is 17.6 Å². The number of methoxy groups -OCH3 is 1. The number of rotatable bonds is 8. The van der Waals surface area contributed by atoms with Crippen LogP contribution in [0.1, 0.15) is 19.8 Å². The number of nitrogens with one attached hydrogen (secondary N) is 1. The number of carbonyl (C=O) groups excluding carboxylic acids is 1. The van der Waals surface area contributed by atoms with Gasteiger partial charge in [-0.25, -0.2) is 4.98 Å². The molecular formula is C15H19N3O3S. The third-order valence-corrected chi connectivity index (χ3v) is 3.73. The van der Waals surface area contributed by atoms with Gasteiger partial charge in [0.25, 0.3) is 0 Å². The molecule has 0 aliphatic carbocycles. The Bertz CT molecular complexity index is 598. The van der Waals surface area contributed by atoms with Crippen LogP contribution in [0.4, 0.5) is 0 Å². The minimum Gasteiger partial charge on any atom is -0.497 e. The van der Waals surface area contributed by atoms with E-state index in [1.54, 1.807) is 7.11 Å². The summed E-state index contributed by atoms with van der Waals surface area (Å²) in [6, 6.07) is 7.51. The molecule has 0 unspecified atom stereocenters. The van der Waals surface area contributed by atoms with Crippen molar-refractivity contribution in [2.45, 2.75) is 24.9 Å². The maximum atomic E-state index is 11.5. The standard InChI is InChI=1S/C15H19N3O3S/c1-3-4-9-21-13(19)10-22-15-16-14(17-18-15)11-5-7-12(20-2)8-6-11/h5-8H,3-4,9-10H2,1-2H3,(H,16,17,18). The summed E-state index contributed by atoms with van der Waals surface area (Å²) >= 11 is 1.26. The molecule has 0 saturated carbocycles. The summed E-state index contributed by atoms with van der Waals surface area (Å²) in [5.41, 5.74) is 0.908. The highest BCUT2D eigenvalue weighted by Crippen LogP contribution is 2.21. The van der Waals surface area contributed by atoms with Gasteiger partial charge in [0, 0.05) is 5.56 Å². The lowest BCUT2D eigenvalue weighted by atomic mass is 10.2. The highest BCUT2D eigenvalue weighted by atomic mass is 32.2. The van der Waals surface area contributed by atoms with Crippen molar-refractivity contribution in [1.29, 1.82) is 0 Å². The van der Waals surface area contributed by atoms with Crippen LogP contribution in [-0.2, 0) is 9.53 Å². The second-order valence-corrected chi connectivity index (χ2v) is 5.50. The third-order valence-electron chi connectivity index (χ3n) is 2.91. The Labute approximate surface area is 133 Å². The molecule has 7 heteroatoms. The number of unbranched alkanes of at least 4 members (excludes halogenated alkanes) is 1. The number of ether oxygens (including phenoxy) is 2. The van der Waals surface area contributed by atoms with Crippen LogP contribution in [-0.4, -0.2) is 40.6 Å². The van der Waals surface area contributed by atoms with Gasteiger partial charge in [0.15, 0.2) is 5.82 Å². The van der Waals surface area contributed by atoms with Crippen LogP contribution < -0.4 is 4.74 Å². The van der Waals surface area contributed by atoms with Gasteiger partial charge in [0.2, 0.25) is 5.16 Å². The van der Waals surface area contributed by atoms with E-state index in [1.165, 1.54) is 11.8 Å². The highest BCUT2D eigenvalue weighted by molar-refractivity contribution is 7.99. The van der Waals surface area contributed by atoms with Gasteiger partial charge >= 0.3 is 5.97 Å². The molecular weight excluding hydrogens is 302 g/mol. The second kappa shape index (κ2) is 8.43. The molecule has 0 spiro atoms. The Morgan fingerprint density at radius 2 is 2.09 bits per heavy atom. The molecule has 22 heavy (non-hydrogen) atoms. The molecule has 1 aromatic carbocycles. The molecule has 0 saturated heterocycles. The summed E-state index contributed by atoms with van der Waals surface area (Å²) in [5.74, 6) is 1.41. The number of H-pyrrole nitrogens is 1. The van der Waals surface area contributed by atoms with Crippen LogP contribution in [0.25, 0.3) is 11.4 Å². The average Bonchev–Trinajstić information content (AvgIpc) is 3.02. The van der Waals surface area contributed by atoms with Gasteiger partial charge in [0.05, 0.1) is 19.5 Å². The smallest absolute Gasteiger partial charge is 0.316 e. The SMILES string of the molecule is CCCCOC(=O)CSc1n[nH]c(-c2ccc(OC)cc2)n1. The second-order valence-electron chi connectivity index (χ2n) is 4.56. The molecule has 1 heterocycles. The summed E-state index contributed by atoms with van der Waals surface area (Å²) in [6.07, 6.45) is 1.89. The fourth-order valence-corrected chi connectivity index (χ4v) is 2.28. The minimum absolute atomic E-state index is 0.212. The van der Waals surface area contributed by atoms with Crippen molar-refractivity contribution >= 4 is 17.7 Å². The van der Waals surface area contributed by atoms with E-state index < -0.39 is 0 Å². The zero-order chi connectivity index (χ0) is 15.8. The van der Waals surface area contributed by atoms with Crippen LogP contribution in [0, 0.1) is 0 Å². The van der Waals surface area contributed by atoms with Crippen molar-refractivity contribution in [1.82, 2.24) is 15.2 Å². The molecule has 118 valence electrons. The monoisotopic (exact) mass is 321 g/mol. The van der Waals surface area contributed by atoms with E-state index >= 15 is 0 Å². The lowest BCUT2D eigenvalue weighted by molar-refractivity contribution is -0.140. The van der Waals surface area contributed by atoms with E-state index in [1.807, 2.05) is 24.3 Å². The maximum Gasteiger partial charge on any atom is 0.316 e. The average molecular weight is 321 g/mol. The third kappa shape index (κ3) is 4.77. The number of carbonyl (C=O) groups is 1. The number of aromatic amines is 1. The van der Waals surface area contributed by atoms with Gasteiger partial charge in [-0.05, 0) is 30.7 Å². The van der Waals surface area contributed by atoms with E-state index in [4.69, 9.17) is 9.47 Å². The van der Waals surface area contributed by atoms with Gasteiger partial charge in [0.1, 0.15) is 5.75 Å². The van der Waals surface area contributed by atoms with Crippen molar-refractivity contribution in [2.24, 2.45) is 0 Å². The predicted molar refractivity (Wildman–Crippen MR) is 85.0 cm³/mol. The Balaban J connectivity index is 1.86. The van der Waals surface area contributed by atoms with Crippen molar-refractivity contribution in [3.63, 3.8) is 0 Å². The van der Waals surface area contributed by atoms with Crippen LogP contribution >= 0.6 is 11.8 Å². The normalized spacial score (nSPS) is 10.5. The lowest BCUT2D eigenvalue weighted by Crippen LogP contribution is -2.08. The predicted octanol–water partition coefficient (Wildman–Crippen LogP) is 2.92. The number of aromatic nitrogens is 3. The van der Waals surface area contributed by atoms with E-state index in [0.717, 1.165) is 24.2 Å². The van der Waals surface area contributed by atoms with Gasteiger partial charge in [-0.15, -0.1) is 5.10 Å². The minimum atomic E-state index is -0.241. The molecule has 0 bridgehead atoms. The summed E-state index contributed by atoms with van der Waals surface area (Å²) < 4.78 is 10.2. The first-order valence-corrected chi connectivity index (χ1v) is 8.06. The zero-order valence-electron chi connectivity index (χ0n) is 12.7.